The number of aryl methyl sites for hydroxylation is 2. The summed E-state index contributed by atoms with van der Waals surface area (Å²) in [5, 5.41) is 20.5. The summed E-state index contributed by atoms with van der Waals surface area (Å²) in [5.74, 6) is -0.639. The minimum absolute atomic E-state index is 0.190. The topological polar surface area (TPSA) is 121 Å². The van der Waals surface area contributed by atoms with Crippen LogP contribution >= 0.6 is 0 Å². The molecule has 0 aliphatic heterocycles. The summed E-state index contributed by atoms with van der Waals surface area (Å²) in [6.45, 7) is 5.63. The highest BCUT2D eigenvalue weighted by Gasteiger charge is 2.21. The second-order valence-electron chi connectivity index (χ2n) is 8.40. The Bertz CT molecular complexity index is 1490. The lowest BCUT2D eigenvalue weighted by Gasteiger charge is -2.15. The Hall–Kier alpha value is -4.68. The molecule has 0 spiro atoms. The van der Waals surface area contributed by atoms with Crippen molar-refractivity contribution in [3.63, 3.8) is 0 Å². The van der Waals surface area contributed by atoms with Crippen LogP contribution in [0.15, 0.2) is 60.9 Å². The smallest absolute Gasteiger partial charge is 0.274 e. The first-order chi connectivity index (χ1) is 17.3. The lowest BCUT2D eigenvalue weighted by atomic mass is 10.1. The zero-order valence-electron chi connectivity index (χ0n) is 20.4. The largest absolute Gasteiger partial charge is 0.352 e. The van der Waals surface area contributed by atoms with Crippen molar-refractivity contribution in [1.29, 1.82) is 5.26 Å². The number of anilines is 2. The number of nitriles is 1. The minimum atomic E-state index is -0.397. The Kier molecular flexibility index (Phi) is 6.99. The second-order valence-corrected chi connectivity index (χ2v) is 8.40. The van der Waals surface area contributed by atoms with E-state index in [0.717, 1.165) is 11.1 Å². The molecule has 2 amide bonds. The van der Waals surface area contributed by atoms with Gasteiger partial charge in [0.2, 0.25) is 0 Å². The van der Waals surface area contributed by atoms with Crippen LogP contribution in [0.5, 0.6) is 0 Å². The minimum Gasteiger partial charge on any atom is -0.352 e. The Morgan fingerprint density at radius 3 is 2.56 bits per heavy atom. The van der Waals surface area contributed by atoms with Crippen LogP contribution in [0.1, 0.15) is 55.9 Å². The van der Waals surface area contributed by atoms with Crippen LogP contribution in [-0.4, -0.2) is 28.5 Å². The molecule has 0 unspecified atom stereocenters. The molecule has 0 aliphatic rings. The fourth-order valence-corrected chi connectivity index (χ4v) is 4.01. The first-order valence-corrected chi connectivity index (χ1v) is 11.3. The van der Waals surface area contributed by atoms with Gasteiger partial charge in [-0.1, -0.05) is 36.4 Å². The maximum atomic E-state index is 13.2. The van der Waals surface area contributed by atoms with Crippen molar-refractivity contribution in [2.75, 3.05) is 12.4 Å². The van der Waals surface area contributed by atoms with Crippen molar-refractivity contribution in [3.8, 4) is 6.07 Å². The maximum absolute atomic E-state index is 13.2. The molecule has 0 saturated heterocycles. The average Bonchev–Trinajstić information content (AvgIpc) is 3.22. The molecule has 2 heterocycles. The molecule has 2 aromatic heterocycles. The van der Waals surface area contributed by atoms with Crippen molar-refractivity contribution in [3.05, 3.63) is 94.3 Å². The van der Waals surface area contributed by atoms with E-state index in [1.807, 2.05) is 51.1 Å². The van der Waals surface area contributed by atoms with Crippen molar-refractivity contribution < 1.29 is 14.4 Å². The first-order valence-electron chi connectivity index (χ1n) is 11.3. The van der Waals surface area contributed by atoms with Gasteiger partial charge < -0.3 is 10.6 Å². The third-order valence-corrected chi connectivity index (χ3v) is 6.02. The molecule has 9 heteroatoms. The van der Waals surface area contributed by atoms with E-state index in [4.69, 9.17) is 4.84 Å². The molecule has 36 heavy (non-hydrogen) atoms. The molecule has 4 aromatic rings. The van der Waals surface area contributed by atoms with E-state index in [1.165, 1.54) is 13.3 Å². The molecule has 4 rings (SSSR count). The summed E-state index contributed by atoms with van der Waals surface area (Å²) in [4.78, 5) is 30.2. The van der Waals surface area contributed by atoms with Gasteiger partial charge in [-0.15, -0.1) is 0 Å². The van der Waals surface area contributed by atoms with Crippen LogP contribution in [0.3, 0.4) is 0 Å². The Morgan fingerprint density at radius 2 is 1.86 bits per heavy atom. The number of amides is 2. The molecular weight excluding hydrogens is 456 g/mol. The third-order valence-electron chi connectivity index (χ3n) is 6.02. The number of fused-ring (bicyclic) bond motifs is 1. The zero-order chi connectivity index (χ0) is 25.8. The van der Waals surface area contributed by atoms with Crippen molar-refractivity contribution in [2.24, 2.45) is 0 Å². The monoisotopic (exact) mass is 482 g/mol. The highest BCUT2D eigenvalue weighted by molar-refractivity contribution is 6.00. The molecule has 3 N–H and O–H groups in total. The Morgan fingerprint density at radius 1 is 1.11 bits per heavy atom. The van der Waals surface area contributed by atoms with E-state index < -0.39 is 5.91 Å². The fourth-order valence-electron chi connectivity index (χ4n) is 4.01. The van der Waals surface area contributed by atoms with E-state index >= 15 is 0 Å². The van der Waals surface area contributed by atoms with Crippen LogP contribution in [0.2, 0.25) is 0 Å². The zero-order valence-corrected chi connectivity index (χ0v) is 20.4. The summed E-state index contributed by atoms with van der Waals surface area (Å²) in [6, 6.07) is 16.8. The SMILES string of the molecule is CONC(=O)c1ccc(C)c(Nc2c(C#N)cnn3cc(C(=O)N[C@@H](C)c4ccccc4)c(C)c23)c1. The predicted octanol–water partition coefficient (Wildman–Crippen LogP) is 4.35. The van der Waals surface area contributed by atoms with Gasteiger partial charge in [0.05, 0.1) is 41.7 Å². The third kappa shape index (κ3) is 4.76. The Balaban J connectivity index is 1.73. The summed E-state index contributed by atoms with van der Waals surface area (Å²) < 4.78 is 1.58. The number of nitrogens with one attached hydrogen (secondary N) is 3. The van der Waals surface area contributed by atoms with E-state index in [0.29, 0.717) is 39.1 Å². The Labute approximate surface area is 208 Å². The number of carbonyl (C=O) groups excluding carboxylic acids is 2. The van der Waals surface area contributed by atoms with Gasteiger partial charge in [0.25, 0.3) is 11.8 Å². The van der Waals surface area contributed by atoms with Gasteiger partial charge in [-0.3, -0.25) is 14.4 Å². The molecule has 0 bridgehead atoms. The van der Waals surface area contributed by atoms with Gasteiger partial charge in [-0.25, -0.2) is 10.00 Å². The maximum Gasteiger partial charge on any atom is 0.274 e. The van der Waals surface area contributed by atoms with Gasteiger partial charge in [0, 0.05) is 17.4 Å². The van der Waals surface area contributed by atoms with Gasteiger partial charge in [-0.2, -0.15) is 10.4 Å². The van der Waals surface area contributed by atoms with Crippen molar-refractivity contribution in [1.82, 2.24) is 20.4 Å². The highest BCUT2D eigenvalue weighted by Crippen LogP contribution is 2.32. The molecule has 0 fully saturated rings. The van der Waals surface area contributed by atoms with Gasteiger partial charge >= 0.3 is 0 Å². The summed E-state index contributed by atoms with van der Waals surface area (Å²) in [6.07, 6.45) is 3.10. The van der Waals surface area contributed by atoms with E-state index in [-0.39, 0.29) is 11.9 Å². The van der Waals surface area contributed by atoms with Crippen molar-refractivity contribution in [2.45, 2.75) is 26.8 Å². The predicted molar refractivity (Wildman–Crippen MR) is 136 cm³/mol. The second kappa shape index (κ2) is 10.3. The number of benzene rings is 2. The number of hydroxylamine groups is 1. The summed E-state index contributed by atoms with van der Waals surface area (Å²) in [5.41, 5.74) is 7.69. The number of nitrogens with zero attached hydrogens (tertiary/aromatic N) is 3. The average molecular weight is 483 g/mol. The van der Waals surface area contributed by atoms with Crippen LogP contribution in [0.25, 0.3) is 5.52 Å². The molecular formula is C27H26N6O3. The molecule has 9 nitrogen and oxygen atoms in total. The quantitative estimate of drug-likeness (QED) is 0.337. The number of aromatic nitrogens is 2. The number of rotatable bonds is 7. The van der Waals surface area contributed by atoms with Crippen molar-refractivity contribution >= 4 is 28.7 Å². The molecule has 0 saturated carbocycles. The summed E-state index contributed by atoms with van der Waals surface area (Å²) in [7, 11) is 1.36. The van der Waals surface area contributed by atoms with Crippen LogP contribution < -0.4 is 16.1 Å². The van der Waals surface area contributed by atoms with Gasteiger partial charge in [0.1, 0.15) is 6.07 Å². The first kappa shape index (κ1) is 24.4. The van der Waals surface area contributed by atoms with Crippen LogP contribution in [0, 0.1) is 25.2 Å². The molecule has 1 atom stereocenters. The highest BCUT2D eigenvalue weighted by atomic mass is 16.6. The van der Waals surface area contributed by atoms with Crippen LogP contribution in [-0.2, 0) is 4.84 Å². The number of hydrogen-bond donors (Lipinski definition) is 3. The molecule has 2 aromatic carbocycles. The summed E-state index contributed by atoms with van der Waals surface area (Å²) >= 11 is 0. The van der Waals surface area contributed by atoms with E-state index in [9.17, 15) is 14.9 Å². The number of carbonyl (C=O) groups is 2. The van der Waals surface area contributed by atoms with Crippen LogP contribution in [0.4, 0.5) is 11.4 Å². The normalized spacial score (nSPS) is 11.5. The standard InChI is InChI=1S/C27H26N6O3/c1-16-10-11-20(26(34)32-36-4)12-23(16)31-24-21(13-28)14-29-33-15-22(17(2)25(24)33)27(35)30-18(3)19-8-6-5-7-9-19/h5-12,14-15,18,31H,1-4H3,(H,30,35)(H,32,34)/t18-/m0/s1. The number of hydrogen-bond acceptors (Lipinski definition) is 6. The molecule has 182 valence electrons. The van der Waals surface area contributed by atoms with E-state index in [2.05, 4.69) is 27.3 Å². The van der Waals surface area contributed by atoms with Gasteiger partial charge in [-0.05, 0) is 49.6 Å². The fraction of sp³-hybridized carbons (Fsp3) is 0.185. The van der Waals surface area contributed by atoms with Gasteiger partial charge in [0.15, 0.2) is 0 Å². The van der Waals surface area contributed by atoms with E-state index in [1.54, 1.807) is 28.9 Å². The lowest BCUT2D eigenvalue weighted by Crippen LogP contribution is -2.26. The molecule has 0 aliphatic carbocycles. The lowest BCUT2D eigenvalue weighted by molar-refractivity contribution is 0.0537. The molecule has 0 radical (unpaired) electrons.